The molecule has 108 valence electrons. The second kappa shape index (κ2) is 5.91. The summed E-state index contributed by atoms with van der Waals surface area (Å²) in [7, 11) is -3.59. The molecule has 0 heterocycles. The number of nitrogens with two attached hydrogens (primary N) is 1. The molecule has 0 saturated carbocycles. The lowest BCUT2D eigenvalue weighted by Gasteiger charge is -2.22. The lowest BCUT2D eigenvalue weighted by atomic mass is 10.2. The van der Waals surface area contributed by atoms with Crippen molar-refractivity contribution in [1.82, 2.24) is 4.72 Å². The standard InChI is InChI=1S/C12H19ClN2O2S2/c1-8-10(13)5-9(6-11(8)14)19(16,17)15-7-12(2,3)18-4/h5-6,15H,7,14H2,1-4H3. The fourth-order valence-electron chi connectivity index (χ4n) is 1.25. The van der Waals surface area contributed by atoms with Gasteiger partial charge in [0.15, 0.2) is 0 Å². The van der Waals surface area contributed by atoms with Crippen LogP contribution in [0.25, 0.3) is 0 Å². The number of benzene rings is 1. The second-order valence-electron chi connectivity index (χ2n) is 4.91. The van der Waals surface area contributed by atoms with E-state index < -0.39 is 10.0 Å². The minimum atomic E-state index is -3.59. The van der Waals surface area contributed by atoms with Gasteiger partial charge in [-0.1, -0.05) is 11.6 Å². The SMILES string of the molecule is CSC(C)(C)CNS(=O)(=O)c1cc(N)c(C)c(Cl)c1. The van der Waals surface area contributed by atoms with Crippen molar-refractivity contribution < 1.29 is 8.42 Å². The Morgan fingerprint density at radius 1 is 1.42 bits per heavy atom. The molecule has 0 radical (unpaired) electrons. The van der Waals surface area contributed by atoms with Crippen molar-refractivity contribution >= 4 is 39.1 Å². The molecule has 0 aliphatic rings. The zero-order valence-electron chi connectivity index (χ0n) is 11.5. The summed E-state index contributed by atoms with van der Waals surface area (Å²) in [6.07, 6.45) is 1.94. The van der Waals surface area contributed by atoms with Crippen LogP contribution in [0.3, 0.4) is 0 Å². The molecule has 0 atom stereocenters. The molecule has 3 N–H and O–H groups in total. The molecular formula is C12H19ClN2O2S2. The first-order valence-corrected chi connectivity index (χ1v) is 8.78. The number of hydrogen-bond acceptors (Lipinski definition) is 4. The molecule has 0 fully saturated rings. The third kappa shape index (κ3) is 4.27. The first-order chi connectivity index (χ1) is 8.59. The van der Waals surface area contributed by atoms with E-state index in [1.54, 1.807) is 18.7 Å². The van der Waals surface area contributed by atoms with Crippen LogP contribution in [0.4, 0.5) is 5.69 Å². The van der Waals surface area contributed by atoms with Gasteiger partial charge in [0.1, 0.15) is 0 Å². The fourth-order valence-corrected chi connectivity index (χ4v) is 3.13. The zero-order valence-corrected chi connectivity index (χ0v) is 13.8. The smallest absolute Gasteiger partial charge is 0.240 e. The summed E-state index contributed by atoms with van der Waals surface area (Å²) in [5.41, 5.74) is 6.80. The molecule has 1 aromatic rings. The van der Waals surface area contributed by atoms with E-state index in [0.717, 1.165) is 0 Å². The minimum Gasteiger partial charge on any atom is -0.398 e. The number of anilines is 1. The Hall–Kier alpha value is -0.430. The van der Waals surface area contributed by atoms with Crippen molar-refractivity contribution in [2.75, 3.05) is 18.5 Å². The van der Waals surface area contributed by atoms with Crippen LogP contribution in [0.5, 0.6) is 0 Å². The highest BCUT2D eigenvalue weighted by molar-refractivity contribution is 8.00. The number of hydrogen-bond donors (Lipinski definition) is 2. The average molecular weight is 323 g/mol. The zero-order chi connectivity index (χ0) is 14.8. The van der Waals surface area contributed by atoms with Crippen LogP contribution in [-0.4, -0.2) is 26.0 Å². The fraction of sp³-hybridized carbons (Fsp3) is 0.500. The van der Waals surface area contributed by atoms with E-state index in [0.29, 0.717) is 22.8 Å². The molecule has 0 unspecified atom stereocenters. The molecule has 4 nitrogen and oxygen atoms in total. The Bertz CT molecular complexity index is 548. The maximum atomic E-state index is 12.2. The van der Waals surface area contributed by atoms with E-state index in [1.165, 1.54) is 12.1 Å². The molecule has 1 aromatic carbocycles. The molecule has 0 aliphatic heterocycles. The highest BCUT2D eigenvalue weighted by Crippen LogP contribution is 2.26. The summed E-state index contributed by atoms with van der Waals surface area (Å²) in [5, 5.41) is 0.351. The van der Waals surface area contributed by atoms with E-state index >= 15 is 0 Å². The molecular weight excluding hydrogens is 304 g/mol. The number of sulfonamides is 1. The van der Waals surface area contributed by atoms with Crippen molar-refractivity contribution in [1.29, 1.82) is 0 Å². The summed E-state index contributed by atoms with van der Waals surface area (Å²) in [4.78, 5) is 0.0949. The van der Waals surface area contributed by atoms with Crippen LogP contribution in [-0.2, 0) is 10.0 Å². The van der Waals surface area contributed by atoms with E-state index in [4.69, 9.17) is 17.3 Å². The number of rotatable bonds is 5. The molecule has 1 rings (SSSR count). The molecule has 19 heavy (non-hydrogen) atoms. The van der Waals surface area contributed by atoms with Crippen LogP contribution < -0.4 is 10.5 Å². The van der Waals surface area contributed by atoms with Crippen molar-refractivity contribution in [3.63, 3.8) is 0 Å². The average Bonchev–Trinajstić information content (AvgIpc) is 2.33. The van der Waals surface area contributed by atoms with Crippen LogP contribution in [0.1, 0.15) is 19.4 Å². The van der Waals surface area contributed by atoms with Gasteiger partial charge >= 0.3 is 0 Å². The van der Waals surface area contributed by atoms with Crippen molar-refractivity contribution in [2.24, 2.45) is 0 Å². The molecule has 0 amide bonds. The largest absolute Gasteiger partial charge is 0.398 e. The van der Waals surface area contributed by atoms with E-state index in [-0.39, 0.29) is 9.64 Å². The van der Waals surface area contributed by atoms with E-state index in [1.807, 2.05) is 20.1 Å². The Labute approximate surface area is 124 Å². The maximum absolute atomic E-state index is 12.2. The van der Waals surface area contributed by atoms with Gasteiger partial charge in [-0.05, 0) is 44.7 Å². The van der Waals surface area contributed by atoms with Crippen molar-refractivity contribution in [2.45, 2.75) is 30.4 Å². The lowest BCUT2D eigenvalue weighted by molar-refractivity contribution is 0.571. The molecule has 7 heteroatoms. The van der Waals surface area contributed by atoms with Crippen molar-refractivity contribution in [3.8, 4) is 0 Å². The molecule has 0 saturated heterocycles. The van der Waals surface area contributed by atoms with Gasteiger partial charge in [-0.3, -0.25) is 0 Å². The maximum Gasteiger partial charge on any atom is 0.240 e. The van der Waals surface area contributed by atoms with Gasteiger partial charge in [-0.15, -0.1) is 0 Å². The van der Waals surface area contributed by atoms with Crippen LogP contribution >= 0.6 is 23.4 Å². The Morgan fingerprint density at radius 3 is 2.47 bits per heavy atom. The monoisotopic (exact) mass is 322 g/mol. The first-order valence-electron chi connectivity index (χ1n) is 5.69. The Balaban J connectivity index is 3.02. The third-order valence-electron chi connectivity index (χ3n) is 2.91. The van der Waals surface area contributed by atoms with Gasteiger partial charge in [0.05, 0.1) is 4.90 Å². The van der Waals surface area contributed by atoms with Gasteiger partial charge in [0, 0.05) is 22.0 Å². The topological polar surface area (TPSA) is 72.2 Å². The van der Waals surface area contributed by atoms with Gasteiger partial charge in [0.2, 0.25) is 10.0 Å². The summed E-state index contributed by atoms with van der Waals surface area (Å²) < 4.78 is 26.8. The highest BCUT2D eigenvalue weighted by Gasteiger charge is 2.22. The predicted octanol–water partition coefficient (Wildman–Crippen LogP) is 2.65. The second-order valence-corrected chi connectivity index (χ2v) is 8.60. The van der Waals surface area contributed by atoms with E-state index in [2.05, 4.69) is 4.72 Å². The number of nitrogen functional groups attached to an aromatic ring is 1. The van der Waals surface area contributed by atoms with E-state index in [9.17, 15) is 8.42 Å². The van der Waals surface area contributed by atoms with Gasteiger partial charge in [0.25, 0.3) is 0 Å². The Morgan fingerprint density at radius 2 is 2.00 bits per heavy atom. The summed E-state index contributed by atoms with van der Waals surface area (Å²) in [5.74, 6) is 0. The van der Waals surface area contributed by atoms with Crippen molar-refractivity contribution in [3.05, 3.63) is 22.7 Å². The van der Waals surface area contributed by atoms with Gasteiger partial charge < -0.3 is 5.73 Å². The van der Waals surface area contributed by atoms with Gasteiger partial charge in [-0.2, -0.15) is 11.8 Å². The summed E-state index contributed by atoms with van der Waals surface area (Å²) >= 11 is 7.56. The summed E-state index contributed by atoms with van der Waals surface area (Å²) in [6, 6.07) is 2.84. The van der Waals surface area contributed by atoms with Crippen LogP contribution in [0, 0.1) is 6.92 Å². The highest BCUT2D eigenvalue weighted by atomic mass is 35.5. The minimum absolute atomic E-state index is 0.0949. The normalized spacial score (nSPS) is 12.7. The molecule has 0 bridgehead atoms. The molecule has 0 aromatic heterocycles. The van der Waals surface area contributed by atoms with Gasteiger partial charge in [-0.25, -0.2) is 13.1 Å². The number of nitrogens with one attached hydrogen (secondary N) is 1. The first kappa shape index (κ1) is 16.6. The van der Waals surface area contributed by atoms with Crippen LogP contribution in [0.15, 0.2) is 17.0 Å². The third-order valence-corrected chi connectivity index (χ3v) is 5.93. The Kier molecular flexibility index (Phi) is 5.17. The number of thioether (sulfide) groups is 1. The van der Waals surface area contributed by atoms with Crippen LogP contribution in [0.2, 0.25) is 5.02 Å². The quantitative estimate of drug-likeness (QED) is 0.817. The predicted molar refractivity (Wildman–Crippen MR) is 83.4 cm³/mol. The molecule has 0 spiro atoms. The lowest BCUT2D eigenvalue weighted by Crippen LogP contribution is -2.36. The molecule has 0 aliphatic carbocycles. The number of halogens is 1. The summed E-state index contributed by atoms with van der Waals surface area (Å²) in [6.45, 7) is 6.02.